The summed E-state index contributed by atoms with van der Waals surface area (Å²) >= 11 is 5.95. The molecule has 1 aliphatic rings. The van der Waals surface area contributed by atoms with Gasteiger partial charge in [-0.15, -0.1) is 0 Å². The highest BCUT2D eigenvalue weighted by Crippen LogP contribution is 2.30. The van der Waals surface area contributed by atoms with E-state index in [0.717, 1.165) is 16.0 Å². The fourth-order valence-corrected chi connectivity index (χ4v) is 3.81. The van der Waals surface area contributed by atoms with Crippen molar-refractivity contribution in [1.29, 1.82) is 0 Å². The Hall–Kier alpha value is -4.10. The number of aryl methyl sites for hydroxylation is 1. The molecule has 4 rings (SSSR count). The molecule has 1 aliphatic heterocycles. The number of barbiturate groups is 1. The average molecular weight is 491 g/mol. The van der Waals surface area contributed by atoms with E-state index in [1.807, 2.05) is 31.2 Å². The van der Waals surface area contributed by atoms with Gasteiger partial charge in [-0.1, -0.05) is 48.9 Å². The number of carbonyl (C=O) groups is 3. The van der Waals surface area contributed by atoms with Crippen LogP contribution in [-0.4, -0.2) is 25.0 Å². The van der Waals surface area contributed by atoms with Crippen LogP contribution in [0, 0.1) is 0 Å². The smallest absolute Gasteiger partial charge is 0.335 e. The molecule has 0 radical (unpaired) electrons. The minimum atomic E-state index is -0.785. The van der Waals surface area contributed by atoms with Gasteiger partial charge in [0.15, 0.2) is 0 Å². The topological polar surface area (TPSA) is 84.9 Å². The van der Waals surface area contributed by atoms with Crippen molar-refractivity contribution in [2.24, 2.45) is 0 Å². The number of hydrogen-bond acceptors (Lipinski definition) is 5. The number of carbonyl (C=O) groups excluding carboxylic acids is 3. The fraction of sp³-hybridized carbons (Fsp3) is 0.148. The van der Waals surface area contributed by atoms with Gasteiger partial charge in [-0.2, -0.15) is 0 Å². The number of halogens is 1. The summed E-state index contributed by atoms with van der Waals surface area (Å²) in [6.45, 7) is 2.16. The molecule has 178 valence electrons. The van der Waals surface area contributed by atoms with E-state index in [4.69, 9.17) is 21.1 Å². The summed E-state index contributed by atoms with van der Waals surface area (Å²) in [5.74, 6) is -0.528. The van der Waals surface area contributed by atoms with Crippen LogP contribution in [0.5, 0.6) is 11.5 Å². The van der Waals surface area contributed by atoms with Crippen molar-refractivity contribution in [3.05, 3.63) is 94.0 Å². The second-order valence-corrected chi connectivity index (χ2v) is 8.20. The lowest BCUT2D eigenvalue weighted by Gasteiger charge is -2.28. The van der Waals surface area contributed by atoms with Crippen LogP contribution in [0.15, 0.2) is 72.3 Å². The Labute approximate surface area is 207 Å². The van der Waals surface area contributed by atoms with Crippen LogP contribution in [0.4, 0.5) is 10.5 Å². The first-order chi connectivity index (χ1) is 16.9. The van der Waals surface area contributed by atoms with Crippen molar-refractivity contribution in [3.8, 4) is 11.5 Å². The van der Waals surface area contributed by atoms with E-state index in [-0.39, 0.29) is 12.2 Å². The monoisotopic (exact) mass is 490 g/mol. The SMILES string of the molecule is CCc1ccccc1N1C(=O)NC(=O)/C(=C/c2ccc(OC)cc2OCc2ccc(Cl)cc2)C1=O. The molecule has 0 spiro atoms. The van der Waals surface area contributed by atoms with Crippen LogP contribution in [-0.2, 0) is 22.6 Å². The Morgan fingerprint density at radius 3 is 2.46 bits per heavy atom. The Morgan fingerprint density at radius 1 is 1.00 bits per heavy atom. The van der Waals surface area contributed by atoms with E-state index in [0.29, 0.717) is 34.2 Å². The number of benzene rings is 3. The van der Waals surface area contributed by atoms with Crippen molar-refractivity contribution in [3.63, 3.8) is 0 Å². The zero-order valence-electron chi connectivity index (χ0n) is 19.2. The summed E-state index contributed by atoms with van der Waals surface area (Å²) < 4.78 is 11.3. The summed E-state index contributed by atoms with van der Waals surface area (Å²) in [7, 11) is 1.53. The van der Waals surface area contributed by atoms with Gasteiger partial charge in [0.2, 0.25) is 0 Å². The van der Waals surface area contributed by atoms with Crippen LogP contribution >= 0.6 is 11.6 Å². The molecule has 35 heavy (non-hydrogen) atoms. The minimum Gasteiger partial charge on any atom is -0.497 e. The molecule has 0 bridgehead atoms. The molecule has 0 unspecified atom stereocenters. The van der Waals surface area contributed by atoms with Crippen molar-refractivity contribution in [2.75, 3.05) is 12.0 Å². The van der Waals surface area contributed by atoms with E-state index in [9.17, 15) is 14.4 Å². The number of methoxy groups -OCH3 is 1. The Bertz CT molecular complexity index is 1320. The number of urea groups is 1. The van der Waals surface area contributed by atoms with Gasteiger partial charge in [0, 0.05) is 16.7 Å². The van der Waals surface area contributed by atoms with Crippen molar-refractivity contribution < 1.29 is 23.9 Å². The van der Waals surface area contributed by atoms with Gasteiger partial charge in [-0.05, 0) is 54.0 Å². The van der Waals surface area contributed by atoms with Gasteiger partial charge in [0.1, 0.15) is 23.7 Å². The lowest BCUT2D eigenvalue weighted by Crippen LogP contribution is -2.54. The number of anilines is 1. The van der Waals surface area contributed by atoms with Gasteiger partial charge in [0.05, 0.1) is 12.8 Å². The average Bonchev–Trinajstić information content (AvgIpc) is 2.86. The minimum absolute atomic E-state index is 0.183. The van der Waals surface area contributed by atoms with Crippen molar-refractivity contribution in [2.45, 2.75) is 20.0 Å². The maximum atomic E-state index is 13.4. The number of ether oxygens (including phenoxy) is 2. The molecule has 7 nitrogen and oxygen atoms in total. The van der Waals surface area contributed by atoms with Crippen LogP contribution in [0.1, 0.15) is 23.6 Å². The first-order valence-corrected chi connectivity index (χ1v) is 11.3. The van der Waals surface area contributed by atoms with E-state index in [1.165, 1.54) is 13.2 Å². The molecule has 3 aromatic carbocycles. The molecular weight excluding hydrogens is 468 g/mol. The second kappa shape index (κ2) is 10.4. The second-order valence-electron chi connectivity index (χ2n) is 7.76. The van der Waals surface area contributed by atoms with Crippen molar-refractivity contribution >= 4 is 41.2 Å². The third-order valence-corrected chi connectivity index (χ3v) is 5.80. The highest BCUT2D eigenvalue weighted by molar-refractivity contribution is 6.39. The normalized spacial score (nSPS) is 14.8. The Balaban J connectivity index is 1.70. The van der Waals surface area contributed by atoms with Crippen LogP contribution in [0.2, 0.25) is 5.02 Å². The highest BCUT2D eigenvalue weighted by atomic mass is 35.5. The molecular formula is C27H23ClN2O5. The molecule has 1 fully saturated rings. The van der Waals surface area contributed by atoms with E-state index >= 15 is 0 Å². The molecule has 8 heteroatoms. The van der Waals surface area contributed by atoms with Gasteiger partial charge >= 0.3 is 6.03 Å². The fourth-order valence-electron chi connectivity index (χ4n) is 3.69. The zero-order chi connectivity index (χ0) is 24.9. The molecule has 1 N–H and O–H groups in total. The third-order valence-electron chi connectivity index (χ3n) is 5.54. The van der Waals surface area contributed by atoms with Gasteiger partial charge < -0.3 is 9.47 Å². The maximum absolute atomic E-state index is 13.4. The first-order valence-electron chi connectivity index (χ1n) is 11.0. The lowest BCUT2D eigenvalue weighted by molar-refractivity contribution is -0.122. The van der Waals surface area contributed by atoms with E-state index in [1.54, 1.807) is 42.5 Å². The maximum Gasteiger partial charge on any atom is 0.335 e. The molecule has 1 saturated heterocycles. The van der Waals surface area contributed by atoms with Crippen LogP contribution < -0.4 is 19.7 Å². The number of nitrogens with one attached hydrogen (secondary N) is 1. The highest BCUT2D eigenvalue weighted by Gasteiger charge is 2.37. The lowest BCUT2D eigenvalue weighted by atomic mass is 10.0. The predicted molar refractivity (Wildman–Crippen MR) is 134 cm³/mol. The molecule has 4 amide bonds. The standard InChI is InChI=1S/C27H23ClN2O5/c1-3-18-6-4-5-7-23(18)30-26(32)22(25(31)29-27(30)33)14-19-10-13-21(34-2)15-24(19)35-16-17-8-11-20(28)12-9-17/h4-15H,3,16H2,1-2H3,(H,29,31,33)/b22-14-. The number of imide groups is 2. The summed E-state index contributed by atoms with van der Waals surface area (Å²) in [6, 6.07) is 18.6. The van der Waals surface area contributed by atoms with Crippen LogP contribution in [0.25, 0.3) is 6.08 Å². The third kappa shape index (κ3) is 5.20. The van der Waals surface area contributed by atoms with Gasteiger partial charge in [-0.25, -0.2) is 9.69 Å². The largest absolute Gasteiger partial charge is 0.497 e. The molecule has 1 heterocycles. The quantitative estimate of drug-likeness (QED) is 0.365. The van der Waals surface area contributed by atoms with Crippen LogP contribution in [0.3, 0.4) is 0 Å². The predicted octanol–water partition coefficient (Wildman–Crippen LogP) is 5.16. The summed E-state index contributed by atoms with van der Waals surface area (Å²) in [5.41, 5.74) is 2.43. The zero-order valence-corrected chi connectivity index (χ0v) is 20.0. The first kappa shape index (κ1) is 24.0. The van der Waals surface area contributed by atoms with Crippen molar-refractivity contribution in [1.82, 2.24) is 5.32 Å². The van der Waals surface area contributed by atoms with Gasteiger partial charge in [0.25, 0.3) is 11.8 Å². The number of amides is 4. The number of para-hydroxylation sites is 1. The molecule has 0 aliphatic carbocycles. The molecule has 0 aromatic heterocycles. The van der Waals surface area contributed by atoms with E-state index < -0.39 is 17.8 Å². The summed E-state index contributed by atoms with van der Waals surface area (Å²) in [4.78, 5) is 39.6. The molecule has 3 aromatic rings. The number of nitrogens with zero attached hydrogens (tertiary/aromatic N) is 1. The molecule has 0 saturated carbocycles. The van der Waals surface area contributed by atoms with Gasteiger partial charge in [-0.3, -0.25) is 14.9 Å². The van der Waals surface area contributed by atoms with E-state index in [2.05, 4.69) is 5.32 Å². The summed E-state index contributed by atoms with van der Waals surface area (Å²) in [6.07, 6.45) is 2.03. The molecule has 0 atom stereocenters. The number of hydrogen-bond donors (Lipinski definition) is 1. The Kier molecular flexibility index (Phi) is 7.17. The number of rotatable bonds is 7. The summed E-state index contributed by atoms with van der Waals surface area (Å²) in [5, 5.41) is 2.88. The Morgan fingerprint density at radius 2 is 1.74 bits per heavy atom.